The van der Waals surface area contributed by atoms with Gasteiger partial charge in [0.25, 0.3) is 0 Å². The molecule has 2 rings (SSSR count). The lowest BCUT2D eigenvalue weighted by molar-refractivity contribution is -0.121. The highest BCUT2D eigenvalue weighted by atomic mass is 16.5. The van der Waals surface area contributed by atoms with Gasteiger partial charge in [-0.25, -0.2) is 0 Å². The number of carbonyl (C=O) groups excluding carboxylic acids is 1. The first-order valence-corrected chi connectivity index (χ1v) is 8.78. The highest BCUT2D eigenvalue weighted by Crippen LogP contribution is 2.24. The zero-order valence-corrected chi connectivity index (χ0v) is 14.4. The molecule has 0 spiro atoms. The van der Waals surface area contributed by atoms with Crippen molar-refractivity contribution < 1.29 is 9.53 Å². The van der Waals surface area contributed by atoms with Gasteiger partial charge in [0.05, 0.1) is 5.92 Å². The van der Waals surface area contributed by atoms with Crippen LogP contribution < -0.4 is 5.32 Å². The van der Waals surface area contributed by atoms with E-state index in [1.165, 1.54) is 0 Å². The monoisotopic (exact) mass is 325 g/mol. The van der Waals surface area contributed by atoms with Crippen molar-refractivity contribution >= 4 is 5.91 Å². The summed E-state index contributed by atoms with van der Waals surface area (Å²) in [5.74, 6) is -0.227. The largest absolute Gasteiger partial charge is 0.381 e. The van der Waals surface area contributed by atoms with Gasteiger partial charge in [-0.15, -0.1) is 0 Å². The molecule has 0 aliphatic rings. The molecule has 2 aromatic carbocycles. The Morgan fingerprint density at radius 2 is 1.46 bits per heavy atom. The van der Waals surface area contributed by atoms with Crippen LogP contribution in [0.25, 0.3) is 0 Å². The predicted octanol–water partition coefficient (Wildman–Crippen LogP) is 4.14. The van der Waals surface area contributed by atoms with Crippen molar-refractivity contribution in [3.8, 4) is 0 Å². The molecule has 2 aromatic rings. The summed E-state index contributed by atoms with van der Waals surface area (Å²) in [6.07, 6.45) is 3.08. The average Bonchev–Trinajstić information content (AvgIpc) is 2.63. The van der Waals surface area contributed by atoms with Crippen molar-refractivity contribution in [3.63, 3.8) is 0 Å². The number of rotatable bonds is 10. The molecule has 0 saturated heterocycles. The number of benzene rings is 2. The standard InChI is InChI=1S/C21H27NO2/c1-2-3-16-24-17-10-15-22-21(23)20(18-11-6-4-7-12-18)19-13-8-5-9-14-19/h4-9,11-14,20H,2-3,10,15-17H2,1H3,(H,22,23). The smallest absolute Gasteiger partial charge is 0.232 e. The van der Waals surface area contributed by atoms with Crippen LogP contribution in [0.2, 0.25) is 0 Å². The van der Waals surface area contributed by atoms with E-state index >= 15 is 0 Å². The summed E-state index contributed by atoms with van der Waals surface area (Å²) in [5.41, 5.74) is 2.03. The van der Waals surface area contributed by atoms with Gasteiger partial charge >= 0.3 is 0 Å². The van der Waals surface area contributed by atoms with Gasteiger partial charge in [0.2, 0.25) is 5.91 Å². The molecule has 0 aliphatic carbocycles. The Morgan fingerprint density at radius 3 is 2.00 bits per heavy atom. The number of hydrogen-bond acceptors (Lipinski definition) is 2. The maximum Gasteiger partial charge on any atom is 0.232 e. The first kappa shape index (κ1) is 18.2. The zero-order chi connectivity index (χ0) is 17.0. The summed E-state index contributed by atoms with van der Waals surface area (Å²) in [5, 5.41) is 3.05. The topological polar surface area (TPSA) is 38.3 Å². The van der Waals surface area contributed by atoms with E-state index in [-0.39, 0.29) is 11.8 Å². The van der Waals surface area contributed by atoms with E-state index < -0.39 is 0 Å². The Labute approximate surface area is 145 Å². The first-order chi connectivity index (χ1) is 11.8. The minimum absolute atomic E-state index is 0.0426. The quantitative estimate of drug-likeness (QED) is 0.667. The van der Waals surface area contributed by atoms with Gasteiger partial charge in [-0.2, -0.15) is 0 Å². The molecule has 128 valence electrons. The summed E-state index contributed by atoms with van der Waals surface area (Å²) < 4.78 is 5.53. The van der Waals surface area contributed by atoms with E-state index in [1.54, 1.807) is 0 Å². The Balaban J connectivity index is 1.92. The van der Waals surface area contributed by atoms with Crippen molar-refractivity contribution in [1.82, 2.24) is 5.32 Å². The fourth-order valence-electron chi connectivity index (χ4n) is 2.62. The molecule has 0 radical (unpaired) electrons. The molecule has 3 heteroatoms. The van der Waals surface area contributed by atoms with Crippen molar-refractivity contribution in [2.24, 2.45) is 0 Å². The maximum atomic E-state index is 12.7. The van der Waals surface area contributed by atoms with Gasteiger partial charge in [-0.3, -0.25) is 4.79 Å². The van der Waals surface area contributed by atoms with E-state index in [4.69, 9.17) is 4.74 Å². The molecular weight excluding hydrogens is 298 g/mol. The molecule has 24 heavy (non-hydrogen) atoms. The van der Waals surface area contributed by atoms with Gasteiger partial charge < -0.3 is 10.1 Å². The molecule has 1 amide bonds. The Morgan fingerprint density at radius 1 is 0.917 bits per heavy atom. The SMILES string of the molecule is CCCCOCCCNC(=O)C(c1ccccc1)c1ccccc1. The van der Waals surface area contributed by atoms with Gasteiger partial charge in [-0.1, -0.05) is 74.0 Å². The first-order valence-electron chi connectivity index (χ1n) is 8.78. The number of ether oxygens (including phenoxy) is 1. The number of amides is 1. The van der Waals surface area contributed by atoms with Crippen LogP contribution in [0.1, 0.15) is 43.2 Å². The Bertz CT molecular complexity index is 544. The van der Waals surface area contributed by atoms with Crippen molar-refractivity contribution in [1.29, 1.82) is 0 Å². The van der Waals surface area contributed by atoms with E-state index in [9.17, 15) is 4.79 Å². The van der Waals surface area contributed by atoms with Crippen LogP contribution >= 0.6 is 0 Å². The van der Waals surface area contributed by atoms with E-state index in [0.717, 1.165) is 37.0 Å². The third kappa shape index (κ3) is 5.82. The molecule has 0 unspecified atom stereocenters. The van der Waals surface area contributed by atoms with Gasteiger partial charge in [0.1, 0.15) is 0 Å². The number of carbonyl (C=O) groups is 1. The second kappa shape index (κ2) is 10.6. The van der Waals surface area contributed by atoms with E-state index in [0.29, 0.717) is 13.2 Å². The van der Waals surface area contributed by atoms with E-state index in [2.05, 4.69) is 12.2 Å². The van der Waals surface area contributed by atoms with Gasteiger partial charge in [-0.05, 0) is 24.0 Å². The highest BCUT2D eigenvalue weighted by molar-refractivity contribution is 5.87. The minimum Gasteiger partial charge on any atom is -0.381 e. The van der Waals surface area contributed by atoms with Crippen molar-refractivity contribution in [3.05, 3.63) is 71.8 Å². The summed E-state index contributed by atoms with van der Waals surface area (Å²) in [6.45, 7) is 4.29. The lowest BCUT2D eigenvalue weighted by Crippen LogP contribution is -2.31. The fraction of sp³-hybridized carbons (Fsp3) is 0.381. The molecule has 0 heterocycles. The van der Waals surface area contributed by atoms with Gasteiger partial charge in [0, 0.05) is 19.8 Å². The summed E-state index contributed by atoms with van der Waals surface area (Å²) >= 11 is 0. The van der Waals surface area contributed by atoms with Crippen LogP contribution in [0, 0.1) is 0 Å². The second-order valence-corrected chi connectivity index (χ2v) is 5.86. The molecular formula is C21H27NO2. The maximum absolute atomic E-state index is 12.7. The predicted molar refractivity (Wildman–Crippen MR) is 98.1 cm³/mol. The Hall–Kier alpha value is -2.13. The van der Waals surface area contributed by atoms with Crippen LogP contribution in [0.3, 0.4) is 0 Å². The number of unbranched alkanes of at least 4 members (excludes halogenated alkanes) is 1. The second-order valence-electron chi connectivity index (χ2n) is 5.86. The Kier molecular flexibility index (Phi) is 8.05. The minimum atomic E-state index is -0.270. The molecule has 0 saturated carbocycles. The molecule has 1 N–H and O–H groups in total. The fourth-order valence-corrected chi connectivity index (χ4v) is 2.62. The normalized spacial score (nSPS) is 10.8. The lowest BCUT2D eigenvalue weighted by Gasteiger charge is -2.18. The van der Waals surface area contributed by atoms with Crippen LogP contribution in [0.15, 0.2) is 60.7 Å². The molecule has 0 bridgehead atoms. The molecule has 0 fully saturated rings. The molecule has 3 nitrogen and oxygen atoms in total. The molecule has 0 aliphatic heterocycles. The van der Waals surface area contributed by atoms with Crippen molar-refractivity contribution in [2.75, 3.05) is 19.8 Å². The summed E-state index contributed by atoms with van der Waals surface area (Å²) in [7, 11) is 0. The number of hydrogen-bond donors (Lipinski definition) is 1. The zero-order valence-electron chi connectivity index (χ0n) is 14.4. The van der Waals surface area contributed by atoms with Gasteiger partial charge in [0.15, 0.2) is 0 Å². The molecule has 0 aromatic heterocycles. The third-order valence-electron chi connectivity index (χ3n) is 3.93. The van der Waals surface area contributed by atoms with Crippen LogP contribution in [-0.2, 0) is 9.53 Å². The summed E-state index contributed by atoms with van der Waals surface area (Å²) in [6, 6.07) is 19.8. The van der Waals surface area contributed by atoms with Crippen LogP contribution in [0.4, 0.5) is 0 Å². The highest BCUT2D eigenvalue weighted by Gasteiger charge is 2.21. The van der Waals surface area contributed by atoms with Crippen LogP contribution in [0.5, 0.6) is 0 Å². The van der Waals surface area contributed by atoms with Crippen molar-refractivity contribution in [2.45, 2.75) is 32.1 Å². The van der Waals surface area contributed by atoms with E-state index in [1.807, 2.05) is 60.7 Å². The average molecular weight is 325 g/mol. The number of nitrogens with one attached hydrogen (secondary N) is 1. The molecule has 0 atom stereocenters. The lowest BCUT2D eigenvalue weighted by atomic mass is 9.90. The summed E-state index contributed by atoms with van der Waals surface area (Å²) in [4.78, 5) is 12.7. The van der Waals surface area contributed by atoms with Crippen LogP contribution in [-0.4, -0.2) is 25.7 Å². The third-order valence-corrected chi connectivity index (χ3v) is 3.93.